The molecule has 0 aliphatic rings. The van der Waals surface area contributed by atoms with E-state index >= 15 is 0 Å². The molecule has 52 heavy (non-hydrogen) atoms. The zero-order chi connectivity index (χ0) is 38.1. The summed E-state index contributed by atoms with van der Waals surface area (Å²) in [5.41, 5.74) is 2.11. The van der Waals surface area contributed by atoms with Crippen molar-refractivity contribution in [1.29, 1.82) is 0 Å². The fourth-order valence-electron chi connectivity index (χ4n) is 5.10. The van der Waals surface area contributed by atoms with Crippen LogP contribution in [0.5, 0.6) is 5.75 Å². The molecule has 3 aromatic rings. The Balaban J connectivity index is 1.56. The maximum atomic E-state index is 13.7. The fourth-order valence-corrected chi connectivity index (χ4v) is 5.10. The number of benzene rings is 3. The van der Waals surface area contributed by atoms with E-state index in [9.17, 15) is 24.0 Å². The van der Waals surface area contributed by atoms with Gasteiger partial charge in [-0.3, -0.25) is 14.4 Å². The third kappa shape index (κ3) is 15.4. The number of rotatable bonds is 19. The molecule has 3 N–H and O–H groups in total. The largest absolute Gasteiger partial charge is 0.489 e. The Kier molecular flexibility index (Phi) is 16.3. The summed E-state index contributed by atoms with van der Waals surface area (Å²) in [6, 6.07) is 24.5. The van der Waals surface area contributed by atoms with Crippen LogP contribution >= 0.6 is 0 Å². The smallest absolute Gasteiger partial charge is 0.407 e. The van der Waals surface area contributed by atoms with E-state index in [2.05, 4.69) is 16.0 Å². The van der Waals surface area contributed by atoms with Crippen LogP contribution in [0.25, 0.3) is 0 Å². The van der Waals surface area contributed by atoms with Crippen molar-refractivity contribution in [3.8, 4) is 5.75 Å². The van der Waals surface area contributed by atoms with E-state index in [4.69, 9.17) is 14.2 Å². The molecular weight excluding hydrogens is 662 g/mol. The number of carbonyl (C=O) groups is 5. The number of ether oxygens (including phenoxy) is 3. The summed E-state index contributed by atoms with van der Waals surface area (Å²) in [6.45, 7) is 10.9. The first kappa shape index (κ1) is 41.2. The van der Waals surface area contributed by atoms with Gasteiger partial charge in [0.25, 0.3) is 0 Å². The van der Waals surface area contributed by atoms with E-state index in [1.165, 1.54) is 0 Å². The van der Waals surface area contributed by atoms with Crippen LogP contribution < -0.4 is 20.7 Å². The van der Waals surface area contributed by atoms with Gasteiger partial charge in [0.15, 0.2) is 0 Å². The Hall–Kier alpha value is -5.19. The molecule has 11 nitrogen and oxygen atoms in total. The first-order chi connectivity index (χ1) is 24.7. The molecular formula is C41H53N3O8. The van der Waals surface area contributed by atoms with Gasteiger partial charge in [-0.1, -0.05) is 93.6 Å². The van der Waals surface area contributed by atoms with E-state index in [-0.39, 0.29) is 44.1 Å². The van der Waals surface area contributed by atoms with Gasteiger partial charge in [-0.25, -0.2) is 9.59 Å². The van der Waals surface area contributed by atoms with E-state index in [0.717, 1.165) is 22.4 Å². The van der Waals surface area contributed by atoms with Gasteiger partial charge in [0.05, 0.1) is 0 Å². The third-order valence-corrected chi connectivity index (χ3v) is 8.07. The van der Waals surface area contributed by atoms with Gasteiger partial charge in [-0.15, -0.1) is 0 Å². The standard InChI is InChI=1S/C41H53N3O8/c1-28(2)36(39(48)51-27-32-15-11-8-12-16-32)44-38(47)37(29(3)25-42-40(49)52-41(4,5)6)43-35(46)24-21-33(45)20-17-30-18-22-34(23-19-30)50-26-31-13-9-7-10-14-31/h7-16,18-19,22-23,28-29,36-37H,17,20-21,24-27H2,1-6H3,(H,42,49)(H,43,46)(H,44,47). The Morgan fingerprint density at radius 2 is 1.27 bits per heavy atom. The molecule has 0 aliphatic heterocycles. The predicted molar refractivity (Wildman–Crippen MR) is 198 cm³/mol. The molecule has 0 radical (unpaired) electrons. The van der Waals surface area contributed by atoms with E-state index < -0.39 is 47.5 Å². The first-order valence-electron chi connectivity index (χ1n) is 17.7. The van der Waals surface area contributed by atoms with Crippen LogP contribution in [-0.4, -0.2) is 53.9 Å². The number of aryl methyl sites for hydroxylation is 1. The van der Waals surface area contributed by atoms with Crippen molar-refractivity contribution in [2.24, 2.45) is 11.8 Å². The third-order valence-electron chi connectivity index (χ3n) is 8.07. The number of hydrogen-bond donors (Lipinski definition) is 3. The average Bonchev–Trinajstić information content (AvgIpc) is 3.11. The minimum Gasteiger partial charge on any atom is -0.489 e. The summed E-state index contributed by atoms with van der Waals surface area (Å²) in [4.78, 5) is 64.9. The van der Waals surface area contributed by atoms with Crippen molar-refractivity contribution in [1.82, 2.24) is 16.0 Å². The van der Waals surface area contributed by atoms with E-state index in [1.807, 2.05) is 84.9 Å². The zero-order valence-corrected chi connectivity index (χ0v) is 31.1. The Morgan fingerprint density at radius 3 is 1.85 bits per heavy atom. The number of ketones is 1. The number of carbonyl (C=O) groups excluding carboxylic acids is 5. The molecule has 280 valence electrons. The van der Waals surface area contributed by atoms with Gasteiger partial charge in [0, 0.05) is 31.7 Å². The molecule has 0 aliphatic carbocycles. The van der Waals surface area contributed by atoms with Crippen molar-refractivity contribution in [2.45, 2.75) is 98.1 Å². The summed E-state index contributed by atoms with van der Waals surface area (Å²) in [5, 5.41) is 8.11. The van der Waals surface area contributed by atoms with Crippen molar-refractivity contribution in [3.63, 3.8) is 0 Å². The van der Waals surface area contributed by atoms with E-state index in [1.54, 1.807) is 41.5 Å². The monoisotopic (exact) mass is 715 g/mol. The molecule has 0 spiro atoms. The molecule has 11 heteroatoms. The van der Waals surface area contributed by atoms with Gasteiger partial charge in [-0.2, -0.15) is 0 Å². The van der Waals surface area contributed by atoms with Crippen molar-refractivity contribution in [2.75, 3.05) is 6.54 Å². The summed E-state index contributed by atoms with van der Waals surface area (Å²) < 4.78 is 16.6. The first-order valence-corrected chi connectivity index (χ1v) is 17.7. The van der Waals surface area contributed by atoms with Gasteiger partial charge in [0.2, 0.25) is 11.8 Å². The van der Waals surface area contributed by atoms with Crippen molar-refractivity contribution in [3.05, 3.63) is 102 Å². The molecule has 3 aromatic carbocycles. The predicted octanol–water partition coefficient (Wildman–Crippen LogP) is 6.08. The summed E-state index contributed by atoms with van der Waals surface area (Å²) in [6.07, 6.45) is -0.0560. The van der Waals surface area contributed by atoms with Gasteiger partial charge >= 0.3 is 12.1 Å². The summed E-state index contributed by atoms with van der Waals surface area (Å²) in [5.74, 6) is -2.05. The van der Waals surface area contributed by atoms with Gasteiger partial charge in [-0.05, 0) is 61.9 Å². The quantitative estimate of drug-likeness (QED) is 0.127. The molecule has 3 unspecified atom stereocenters. The Bertz CT molecular complexity index is 1590. The SMILES string of the molecule is CC(C)C(NC(=O)C(NC(=O)CCC(=O)CCc1ccc(OCc2ccccc2)cc1)C(C)CNC(=O)OC(C)(C)C)C(=O)OCc1ccccc1. The van der Waals surface area contributed by atoms with Crippen LogP contribution in [0.1, 0.15) is 77.5 Å². The van der Waals surface area contributed by atoms with Crippen LogP contribution in [0.4, 0.5) is 4.79 Å². The molecule has 0 saturated heterocycles. The fraction of sp³-hybridized carbons (Fsp3) is 0.439. The minimum absolute atomic E-state index is 0.00685. The summed E-state index contributed by atoms with van der Waals surface area (Å²) >= 11 is 0. The highest BCUT2D eigenvalue weighted by atomic mass is 16.6. The second-order valence-corrected chi connectivity index (χ2v) is 14.2. The Morgan fingerprint density at radius 1 is 0.673 bits per heavy atom. The number of amides is 3. The molecule has 0 saturated carbocycles. The molecule has 0 aromatic heterocycles. The van der Waals surface area contributed by atoms with Crippen LogP contribution in [0, 0.1) is 11.8 Å². The zero-order valence-electron chi connectivity index (χ0n) is 31.1. The molecule has 3 atom stereocenters. The number of hydrogen-bond acceptors (Lipinski definition) is 8. The maximum Gasteiger partial charge on any atom is 0.407 e. The highest BCUT2D eigenvalue weighted by Crippen LogP contribution is 2.16. The number of alkyl carbamates (subject to hydrolysis) is 1. The number of Topliss-reactive ketones (excluding diaryl/α,β-unsaturated/α-hetero) is 1. The van der Waals surface area contributed by atoms with Gasteiger partial charge in [0.1, 0.15) is 42.4 Å². The number of esters is 1. The highest BCUT2D eigenvalue weighted by molar-refractivity contribution is 5.92. The summed E-state index contributed by atoms with van der Waals surface area (Å²) in [7, 11) is 0. The topological polar surface area (TPSA) is 149 Å². The second kappa shape index (κ2) is 20.6. The van der Waals surface area contributed by atoms with Gasteiger partial charge < -0.3 is 30.2 Å². The lowest BCUT2D eigenvalue weighted by molar-refractivity contribution is -0.150. The van der Waals surface area contributed by atoms with E-state index in [0.29, 0.717) is 13.0 Å². The van der Waals surface area contributed by atoms with Crippen LogP contribution in [0.15, 0.2) is 84.9 Å². The molecule has 3 amide bonds. The van der Waals surface area contributed by atoms with Crippen LogP contribution in [-0.2, 0) is 48.3 Å². The molecule has 0 bridgehead atoms. The molecule has 0 heterocycles. The lowest BCUT2D eigenvalue weighted by Crippen LogP contribution is -2.57. The van der Waals surface area contributed by atoms with Crippen molar-refractivity contribution < 1.29 is 38.2 Å². The molecule has 3 rings (SSSR count). The second-order valence-electron chi connectivity index (χ2n) is 14.2. The highest BCUT2D eigenvalue weighted by Gasteiger charge is 2.33. The lowest BCUT2D eigenvalue weighted by atomic mass is 9.98. The Labute approximate surface area is 307 Å². The average molecular weight is 716 g/mol. The van der Waals surface area contributed by atoms with Crippen LogP contribution in [0.3, 0.4) is 0 Å². The lowest BCUT2D eigenvalue weighted by Gasteiger charge is -2.28. The van der Waals surface area contributed by atoms with Crippen LogP contribution in [0.2, 0.25) is 0 Å². The maximum absolute atomic E-state index is 13.7. The normalized spacial score (nSPS) is 12.9. The minimum atomic E-state index is -1.14. The molecule has 0 fully saturated rings. The van der Waals surface area contributed by atoms with Crippen molar-refractivity contribution >= 4 is 29.7 Å². The number of nitrogens with one attached hydrogen (secondary N) is 3.